The first-order valence-corrected chi connectivity index (χ1v) is 47.1. The van der Waals surface area contributed by atoms with Crippen LogP contribution in [0.1, 0.15) is 66.8 Å². The third kappa shape index (κ3) is 20.1. The van der Waals surface area contributed by atoms with Crippen LogP contribution in [0.4, 0.5) is 0 Å². The fourth-order valence-corrected chi connectivity index (χ4v) is 18.9. The number of rotatable bonds is 15. The molecule has 0 aliphatic rings. The number of hydrogen-bond donors (Lipinski definition) is 20. The fraction of sp³-hybridized carbons (Fsp3) is 0.0469. The Bertz CT molecular complexity index is 7860. The van der Waals surface area contributed by atoms with E-state index in [0.717, 1.165) is 122 Å². The average molecular weight is 1960 g/mol. The van der Waals surface area contributed by atoms with Crippen LogP contribution in [-0.2, 0) is 10.8 Å². The molecule has 21 rings (SSSR count). The maximum absolute atomic E-state index is 11.1. The lowest BCUT2D eigenvalue weighted by atomic mass is 9.64. The Morgan fingerprint density at radius 2 is 0.412 bits per heavy atom. The number of hydrogen-bond acceptors (Lipinski definition) is 20. The van der Waals surface area contributed by atoms with Gasteiger partial charge in [0.15, 0.2) is 92.0 Å². The molecule has 0 saturated carbocycles. The van der Waals surface area contributed by atoms with Crippen molar-refractivity contribution in [2.75, 3.05) is 0 Å². The molecule has 0 aliphatic heterocycles. The summed E-state index contributed by atoms with van der Waals surface area (Å²) >= 11 is 0. The molecule has 20 heteroatoms. The van der Waals surface area contributed by atoms with Gasteiger partial charge >= 0.3 is 0 Å². The first-order chi connectivity index (χ1) is 71.4. The molecule has 0 heterocycles. The van der Waals surface area contributed by atoms with Crippen molar-refractivity contribution in [3.63, 3.8) is 0 Å². The maximum atomic E-state index is 11.1. The summed E-state index contributed by atoms with van der Waals surface area (Å²) in [6.45, 7) is 7.42. The van der Waals surface area contributed by atoms with Crippen molar-refractivity contribution in [1.29, 1.82) is 0 Å². The summed E-state index contributed by atoms with van der Waals surface area (Å²) < 4.78 is 0. The maximum Gasteiger partial charge on any atom is 0.165 e. The Hall–Kier alpha value is -19.9. The molecule has 0 amide bonds. The van der Waals surface area contributed by atoms with E-state index in [-0.39, 0.29) is 126 Å². The second-order valence-corrected chi connectivity index (χ2v) is 35.2. The second-order valence-electron chi connectivity index (χ2n) is 35.2. The minimum atomic E-state index is -1.03. The lowest BCUT2D eigenvalue weighted by Crippen LogP contribution is -2.31. The number of fused-ring (bicyclic) bond motifs is 2. The van der Waals surface area contributed by atoms with Crippen molar-refractivity contribution in [2.24, 2.45) is 0 Å². The van der Waals surface area contributed by atoms with Crippen LogP contribution >= 0.6 is 0 Å². The summed E-state index contributed by atoms with van der Waals surface area (Å²) in [7, 11) is 0. The van der Waals surface area contributed by atoms with Crippen LogP contribution in [0.25, 0.3) is 99.4 Å². The molecule has 0 aromatic heterocycles. The van der Waals surface area contributed by atoms with E-state index in [4.69, 9.17) is 0 Å². The topological polar surface area (TPSA) is 405 Å². The van der Waals surface area contributed by atoms with E-state index in [9.17, 15) is 102 Å². The number of para-hydroxylation sites is 9. The fourth-order valence-electron chi connectivity index (χ4n) is 18.9. The zero-order valence-electron chi connectivity index (χ0n) is 80.5. The summed E-state index contributed by atoms with van der Waals surface area (Å²) in [4.78, 5) is 0. The van der Waals surface area contributed by atoms with Crippen molar-refractivity contribution in [3.05, 3.63) is 504 Å². The van der Waals surface area contributed by atoms with Gasteiger partial charge in [-0.1, -0.05) is 364 Å². The van der Waals surface area contributed by atoms with Gasteiger partial charge < -0.3 is 102 Å². The van der Waals surface area contributed by atoms with Crippen LogP contribution in [0.3, 0.4) is 0 Å². The van der Waals surface area contributed by atoms with Crippen LogP contribution in [0.15, 0.2) is 437 Å². The van der Waals surface area contributed by atoms with Crippen LogP contribution in [0.2, 0.25) is 0 Å². The van der Waals surface area contributed by atoms with Gasteiger partial charge in [-0.15, -0.1) is 0 Å². The number of benzene rings is 21. The van der Waals surface area contributed by atoms with Gasteiger partial charge in [0.05, 0.1) is 10.8 Å². The second kappa shape index (κ2) is 44.1. The molecule has 0 radical (unpaired) electrons. The summed E-state index contributed by atoms with van der Waals surface area (Å²) in [5, 5.41) is 205. The van der Waals surface area contributed by atoms with E-state index in [0.29, 0.717) is 33.4 Å². The van der Waals surface area contributed by atoms with Crippen molar-refractivity contribution < 1.29 is 102 Å². The largest absolute Gasteiger partial charge is 0.508 e. The van der Waals surface area contributed by atoms with Gasteiger partial charge in [-0.3, -0.25) is 0 Å². The minimum absolute atomic E-state index is 0.145. The number of phenols is 20. The predicted molar refractivity (Wildman–Crippen MR) is 581 cm³/mol. The number of aryl methyl sites for hydroxylation is 3. The molecular weight excluding hydrogens is 1860 g/mol. The molecular formula is C128H104O20. The summed E-state index contributed by atoms with van der Waals surface area (Å²) in [6, 6.07) is 131. The standard InChI is InChI=1S/C26H18O4.2C26H22O3.2C19H16O3.C12H10O4/c27-21-13-5-11-19(25(21)29)23-15-7-1-2-8-16(15)24(18-10-4-3-9-17(18)23)20-12-6-14-22(28)26(20)30;1-18-10-8-15-21(24(18)28)26(19-11-4-2-5-12-19,20-13-6-3-7-14-20)22-16-9-17-23(27)25(22)29;1-18-16-21(12-14-23(18)27)26(19-8-4-2-5-9-19,20-10-6-3-7-11-20)22-13-15-24(28)25(29)17-22;1-12-5-2-8-15(18(12)21)13-6-3-7-14(11-13)16-9-4-10-17(20)19(16)22;1-12-13(8-4-10-17(12)20)14-6-2-3-7-15(14)16-9-5-11-18(21)19(16)22;13-9-5-1-3-7(11(9)15)8-4-2-6-10(14)12(8)16/h1-14,27-30H;2*2-17,27-29H,1H3;2*2-11,20-22H,1H3;1-6,13-16H. The number of aromatic hydroxyl groups is 20. The van der Waals surface area contributed by atoms with Crippen molar-refractivity contribution in [2.45, 2.75) is 38.5 Å². The Morgan fingerprint density at radius 1 is 0.142 bits per heavy atom. The van der Waals surface area contributed by atoms with E-state index in [1.54, 1.807) is 84.9 Å². The van der Waals surface area contributed by atoms with E-state index in [1.807, 2.05) is 282 Å². The normalized spacial score (nSPS) is 11.0. The predicted octanol–water partition coefficient (Wildman–Crippen LogP) is 28.2. The summed E-state index contributed by atoms with van der Waals surface area (Å²) in [5.74, 6) is -2.42. The highest BCUT2D eigenvalue weighted by atomic mass is 16.3. The molecule has 0 atom stereocenters. The van der Waals surface area contributed by atoms with Crippen molar-refractivity contribution in [3.8, 4) is 193 Å². The molecule has 20 nitrogen and oxygen atoms in total. The van der Waals surface area contributed by atoms with Crippen LogP contribution in [0, 0.1) is 27.7 Å². The molecule has 148 heavy (non-hydrogen) atoms. The molecule has 21 aromatic rings. The highest BCUT2D eigenvalue weighted by Crippen LogP contribution is 2.56. The molecule has 0 unspecified atom stereocenters. The van der Waals surface area contributed by atoms with Crippen LogP contribution in [0.5, 0.6) is 115 Å². The molecule has 0 bridgehead atoms. The van der Waals surface area contributed by atoms with Gasteiger partial charge in [-0.25, -0.2) is 0 Å². The monoisotopic (exact) mass is 1960 g/mol. The third-order valence-electron chi connectivity index (χ3n) is 26.3. The van der Waals surface area contributed by atoms with E-state index in [1.165, 1.54) is 72.8 Å². The molecule has 736 valence electrons. The van der Waals surface area contributed by atoms with Gasteiger partial charge in [0.1, 0.15) is 23.0 Å². The molecule has 0 fully saturated rings. The molecule has 0 aliphatic carbocycles. The van der Waals surface area contributed by atoms with Gasteiger partial charge in [-0.2, -0.15) is 0 Å². The average Bonchev–Trinajstić information content (AvgIpc) is 0.644. The van der Waals surface area contributed by atoms with E-state index < -0.39 is 10.8 Å². The lowest BCUT2D eigenvalue weighted by Gasteiger charge is -2.37. The molecule has 20 N–H and O–H groups in total. The quantitative estimate of drug-likeness (QED) is 0.0257. The highest BCUT2D eigenvalue weighted by Gasteiger charge is 2.44. The zero-order valence-corrected chi connectivity index (χ0v) is 80.5. The Kier molecular flexibility index (Phi) is 30.1. The van der Waals surface area contributed by atoms with Gasteiger partial charge in [-0.05, 0) is 205 Å². The Balaban J connectivity index is 0.000000128. The van der Waals surface area contributed by atoms with Crippen molar-refractivity contribution >= 4 is 21.5 Å². The third-order valence-corrected chi connectivity index (χ3v) is 26.3. The Labute approximate surface area is 853 Å². The SMILES string of the molecule is Cc1c(O)cccc1-c1ccccc1-c1cccc(O)c1O.Cc1cc(C(c2ccccc2)(c2ccccc2)c2ccc(O)c(O)c2)ccc1O.Cc1cccc(-c2cccc(-c3cccc(O)c3O)c2)c1O.Cc1cccc(C(c2ccccc2)(c2ccccc2)c2cccc(O)c2O)c1O.Oc1cccc(-c2c3ccccc3c(-c3cccc(O)c3O)c3ccccc23)c1O.Oc1cccc(-c2cccc(O)c2O)c1O. The minimum Gasteiger partial charge on any atom is -0.508 e. The van der Waals surface area contributed by atoms with Crippen LogP contribution < -0.4 is 0 Å². The molecule has 0 spiro atoms. The first-order valence-electron chi connectivity index (χ1n) is 47.1. The Morgan fingerprint density at radius 3 is 0.818 bits per heavy atom. The van der Waals surface area contributed by atoms with Gasteiger partial charge in [0.2, 0.25) is 0 Å². The van der Waals surface area contributed by atoms with E-state index in [2.05, 4.69) is 24.3 Å². The van der Waals surface area contributed by atoms with Crippen molar-refractivity contribution in [1.82, 2.24) is 0 Å². The van der Waals surface area contributed by atoms with Gasteiger partial charge in [0, 0.05) is 61.2 Å². The smallest absolute Gasteiger partial charge is 0.165 e. The van der Waals surface area contributed by atoms with Crippen LogP contribution in [-0.4, -0.2) is 102 Å². The van der Waals surface area contributed by atoms with Gasteiger partial charge in [0.25, 0.3) is 0 Å². The lowest BCUT2D eigenvalue weighted by molar-refractivity contribution is 0.394. The molecule has 21 aromatic carbocycles. The summed E-state index contributed by atoms with van der Waals surface area (Å²) in [6.07, 6.45) is 0. The summed E-state index contributed by atoms with van der Waals surface area (Å²) in [5.41, 5.74) is 17.1. The first kappa shape index (κ1) is 101. The molecule has 0 saturated heterocycles. The number of phenolic OH excluding ortho intramolecular Hbond substituents is 20. The van der Waals surface area contributed by atoms with E-state index >= 15 is 0 Å². The highest BCUT2D eigenvalue weighted by molar-refractivity contribution is 6.22. The zero-order chi connectivity index (χ0) is 105.